The molecule has 0 bridgehead atoms. The molecule has 2 N–H and O–H groups in total. The molecule has 1 aliphatic carbocycles. The SMILES string of the molecule is Cc1ccccc1CC(N)C1CCC(C(C)C)CC1. The van der Waals surface area contributed by atoms with E-state index in [1.807, 2.05) is 0 Å². The number of hydrogen-bond acceptors (Lipinski definition) is 1. The highest BCUT2D eigenvalue weighted by atomic mass is 14.7. The predicted molar refractivity (Wildman–Crippen MR) is 83.1 cm³/mol. The molecular weight excluding hydrogens is 230 g/mol. The molecule has 2 rings (SSSR count). The fraction of sp³-hybridized carbons (Fsp3) is 0.667. The molecule has 0 heterocycles. The lowest BCUT2D eigenvalue weighted by Gasteiger charge is -2.34. The third-order valence-corrected chi connectivity index (χ3v) is 5.08. The van der Waals surface area contributed by atoms with Crippen LogP contribution in [-0.4, -0.2) is 6.04 Å². The van der Waals surface area contributed by atoms with Gasteiger partial charge in [-0.1, -0.05) is 38.1 Å². The smallest absolute Gasteiger partial charge is 0.0108 e. The Morgan fingerprint density at radius 2 is 1.63 bits per heavy atom. The summed E-state index contributed by atoms with van der Waals surface area (Å²) in [5.41, 5.74) is 9.29. The lowest BCUT2D eigenvalue weighted by molar-refractivity contribution is 0.202. The van der Waals surface area contributed by atoms with Gasteiger partial charge >= 0.3 is 0 Å². The predicted octanol–water partition coefficient (Wildman–Crippen LogP) is 4.33. The van der Waals surface area contributed by atoms with Crippen LogP contribution in [0.3, 0.4) is 0 Å². The molecule has 106 valence electrons. The molecule has 19 heavy (non-hydrogen) atoms. The first-order chi connectivity index (χ1) is 9.08. The first-order valence-electron chi connectivity index (χ1n) is 7.88. The number of aryl methyl sites for hydroxylation is 1. The van der Waals surface area contributed by atoms with Crippen LogP contribution in [0.15, 0.2) is 24.3 Å². The fourth-order valence-corrected chi connectivity index (χ4v) is 3.50. The van der Waals surface area contributed by atoms with E-state index in [2.05, 4.69) is 45.0 Å². The van der Waals surface area contributed by atoms with Crippen LogP contribution in [0.25, 0.3) is 0 Å². The standard InChI is InChI=1S/C18H29N/c1-13(2)15-8-10-16(11-9-15)18(19)12-17-7-5-4-6-14(17)3/h4-7,13,15-16,18H,8-12,19H2,1-3H3. The van der Waals surface area contributed by atoms with Crippen molar-refractivity contribution >= 4 is 0 Å². The Labute approximate surface area is 118 Å². The molecule has 0 saturated heterocycles. The average molecular weight is 259 g/mol. The molecule has 0 aromatic heterocycles. The van der Waals surface area contributed by atoms with Gasteiger partial charge in [0.2, 0.25) is 0 Å². The van der Waals surface area contributed by atoms with E-state index in [-0.39, 0.29) is 0 Å². The van der Waals surface area contributed by atoms with Crippen molar-refractivity contribution in [3.05, 3.63) is 35.4 Å². The number of benzene rings is 1. The van der Waals surface area contributed by atoms with Crippen molar-refractivity contribution in [2.24, 2.45) is 23.5 Å². The van der Waals surface area contributed by atoms with Gasteiger partial charge in [-0.15, -0.1) is 0 Å². The average Bonchev–Trinajstić information content (AvgIpc) is 2.41. The molecule has 0 aliphatic heterocycles. The second-order valence-corrected chi connectivity index (χ2v) is 6.71. The molecule has 1 fully saturated rings. The number of nitrogens with two attached hydrogens (primary N) is 1. The second-order valence-electron chi connectivity index (χ2n) is 6.71. The maximum Gasteiger partial charge on any atom is 0.0108 e. The van der Waals surface area contributed by atoms with Crippen LogP contribution in [0.2, 0.25) is 0 Å². The van der Waals surface area contributed by atoms with Crippen molar-refractivity contribution in [1.82, 2.24) is 0 Å². The summed E-state index contributed by atoms with van der Waals surface area (Å²) in [5, 5.41) is 0. The first-order valence-corrected chi connectivity index (χ1v) is 7.88. The van der Waals surface area contributed by atoms with Crippen molar-refractivity contribution in [2.75, 3.05) is 0 Å². The van der Waals surface area contributed by atoms with E-state index in [4.69, 9.17) is 5.73 Å². The van der Waals surface area contributed by atoms with E-state index in [9.17, 15) is 0 Å². The Hall–Kier alpha value is -0.820. The minimum absolute atomic E-state index is 0.342. The molecule has 1 atom stereocenters. The Kier molecular flexibility index (Phi) is 5.04. The van der Waals surface area contributed by atoms with Gasteiger partial charge in [0.15, 0.2) is 0 Å². The summed E-state index contributed by atoms with van der Waals surface area (Å²) < 4.78 is 0. The highest BCUT2D eigenvalue weighted by Crippen LogP contribution is 2.35. The minimum Gasteiger partial charge on any atom is -0.327 e. The Balaban J connectivity index is 1.88. The van der Waals surface area contributed by atoms with E-state index in [1.165, 1.54) is 36.8 Å². The molecular formula is C18H29N. The van der Waals surface area contributed by atoms with Crippen LogP contribution in [-0.2, 0) is 6.42 Å². The van der Waals surface area contributed by atoms with Crippen molar-refractivity contribution in [2.45, 2.75) is 58.9 Å². The van der Waals surface area contributed by atoms with E-state index >= 15 is 0 Å². The highest BCUT2D eigenvalue weighted by Gasteiger charge is 2.27. The van der Waals surface area contributed by atoms with Gasteiger partial charge in [-0.25, -0.2) is 0 Å². The Morgan fingerprint density at radius 1 is 1.05 bits per heavy atom. The van der Waals surface area contributed by atoms with E-state index in [1.54, 1.807) is 0 Å². The van der Waals surface area contributed by atoms with Crippen molar-refractivity contribution in [1.29, 1.82) is 0 Å². The summed E-state index contributed by atoms with van der Waals surface area (Å²) in [7, 11) is 0. The zero-order valence-corrected chi connectivity index (χ0v) is 12.7. The van der Waals surface area contributed by atoms with Crippen LogP contribution >= 0.6 is 0 Å². The first kappa shape index (κ1) is 14.6. The van der Waals surface area contributed by atoms with Crippen LogP contribution in [0.4, 0.5) is 0 Å². The maximum atomic E-state index is 6.47. The third kappa shape index (κ3) is 3.82. The van der Waals surface area contributed by atoms with Crippen molar-refractivity contribution in [3.63, 3.8) is 0 Å². The molecule has 1 aliphatic rings. The van der Waals surface area contributed by atoms with Crippen LogP contribution in [0.1, 0.15) is 50.7 Å². The van der Waals surface area contributed by atoms with Crippen molar-refractivity contribution < 1.29 is 0 Å². The quantitative estimate of drug-likeness (QED) is 0.856. The molecule has 1 unspecified atom stereocenters. The van der Waals surface area contributed by atoms with Crippen molar-refractivity contribution in [3.8, 4) is 0 Å². The van der Waals surface area contributed by atoms with Gasteiger partial charge in [0, 0.05) is 6.04 Å². The lowest BCUT2D eigenvalue weighted by Crippen LogP contribution is -2.35. The normalized spacial score (nSPS) is 25.5. The van der Waals surface area contributed by atoms with E-state index in [0.29, 0.717) is 6.04 Å². The van der Waals surface area contributed by atoms with Gasteiger partial charge in [0.05, 0.1) is 0 Å². The minimum atomic E-state index is 0.342. The third-order valence-electron chi connectivity index (χ3n) is 5.08. The topological polar surface area (TPSA) is 26.0 Å². The summed E-state index contributed by atoms with van der Waals surface area (Å²) in [6, 6.07) is 9.00. The zero-order valence-electron chi connectivity index (χ0n) is 12.7. The molecule has 0 amide bonds. The van der Waals surface area contributed by atoms with E-state index < -0.39 is 0 Å². The summed E-state index contributed by atoms with van der Waals surface area (Å²) in [6.45, 7) is 6.91. The van der Waals surface area contributed by atoms with E-state index in [0.717, 1.165) is 24.2 Å². The van der Waals surface area contributed by atoms with Gasteiger partial charge < -0.3 is 5.73 Å². The molecule has 1 saturated carbocycles. The molecule has 1 aromatic rings. The number of hydrogen-bond donors (Lipinski definition) is 1. The molecule has 0 radical (unpaired) electrons. The summed E-state index contributed by atoms with van der Waals surface area (Å²) in [4.78, 5) is 0. The van der Waals surface area contributed by atoms with Gasteiger partial charge in [0.25, 0.3) is 0 Å². The molecule has 1 heteroatoms. The van der Waals surface area contributed by atoms with Crippen LogP contribution < -0.4 is 5.73 Å². The second kappa shape index (κ2) is 6.56. The summed E-state index contributed by atoms with van der Waals surface area (Å²) in [5.74, 6) is 2.50. The summed E-state index contributed by atoms with van der Waals surface area (Å²) >= 11 is 0. The fourth-order valence-electron chi connectivity index (χ4n) is 3.50. The molecule has 1 aromatic carbocycles. The largest absolute Gasteiger partial charge is 0.327 e. The Bertz CT molecular complexity index is 388. The highest BCUT2D eigenvalue weighted by molar-refractivity contribution is 5.26. The van der Waals surface area contributed by atoms with Gasteiger partial charge in [-0.05, 0) is 67.9 Å². The van der Waals surface area contributed by atoms with Gasteiger partial charge in [-0.3, -0.25) is 0 Å². The van der Waals surface area contributed by atoms with Crippen LogP contribution in [0.5, 0.6) is 0 Å². The maximum absolute atomic E-state index is 6.47. The monoisotopic (exact) mass is 259 g/mol. The van der Waals surface area contributed by atoms with Gasteiger partial charge in [-0.2, -0.15) is 0 Å². The lowest BCUT2D eigenvalue weighted by atomic mass is 9.74. The summed E-state index contributed by atoms with van der Waals surface area (Å²) in [6.07, 6.45) is 6.46. The number of rotatable bonds is 4. The zero-order chi connectivity index (χ0) is 13.8. The molecule has 1 nitrogen and oxygen atoms in total. The molecule has 0 spiro atoms. The Morgan fingerprint density at radius 3 is 2.21 bits per heavy atom. The van der Waals surface area contributed by atoms with Gasteiger partial charge in [0.1, 0.15) is 0 Å². The van der Waals surface area contributed by atoms with Crippen LogP contribution in [0, 0.1) is 24.7 Å².